The Hall–Kier alpha value is -2.09. The predicted molar refractivity (Wildman–Crippen MR) is 128 cm³/mol. The van der Waals surface area contributed by atoms with Gasteiger partial charge < -0.3 is 10.1 Å². The quantitative estimate of drug-likeness (QED) is 0.502. The van der Waals surface area contributed by atoms with E-state index >= 15 is 0 Å². The van der Waals surface area contributed by atoms with Gasteiger partial charge in [-0.2, -0.15) is 0 Å². The zero-order chi connectivity index (χ0) is 23.0. The van der Waals surface area contributed by atoms with Crippen molar-refractivity contribution in [1.29, 1.82) is 0 Å². The molecule has 0 spiro atoms. The number of nitrogens with zero attached hydrogens (tertiary/aromatic N) is 1. The molecule has 1 fully saturated rings. The van der Waals surface area contributed by atoms with Gasteiger partial charge in [-0.1, -0.05) is 49.1 Å². The average Bonchev–Trinajstić information content (AvgIpc) is 2.79. The lowest BCUT2D eigenvalue weighted by Gasteiger charge is -2.26. The number of ether oxygens (including phenoxy) is 1. The van der Waals surface area contributed by atoms with E-state index in [9.17, 15) is 13.2 Å². The van der Waals surface area contributed by atoms with Gasteiger partial charge in [-0.3, -0.25) is 9.10 Å². The highest BCUT2D eigenvalue weighted by Gasteiger charge is 2.28. The number of carbonyl (C=O) groups excluding carboxylic acids is 1. The van der Waals surface area contributed by atoms with Crippen LogP contribution in [0.3, 0.4) is 0 Å². The Kier molecular flexibility index (Phi) is 8.96. The lowest BCUT2D eigenvalue weighted by molar-refractivity contribution is -0.119. The summed E-state index contributed by atoms with van der Waals surface area (Å²) in [5, 5.41) is 3.33. The molecule has 32 heavy (non-hydrogen) atoms. The standard InChI is InChI=1S/C24H31ClN2O4S/c1-19-17-20(25)13-14-23(19)27(32(29,30)22-11-6-3-7-12-22)18-24(28)26-15-8-16-31-21-9-4-2-5-10-21/h3,6-7,11-14,17,21H,2,4-5,8-10,15-16,18H2,1H3,(H,26,28). The van der Waals surface area contributed by atoms with E-state index in [1.807, 2.05) is 0 Å². The molecule has 1 aliphatic carbocycles. The van der Waals surface area contributed by atoms with Crippen LogP contribution in [0.4, 0.5) is 5.69 Å². The molecule has 1 aliphatic rings. The van der Waals surface area contributed by atoms with Crippen LogP contribution in [-0.4, -0.2) is 40.1 Å². The molecule has 0 bridgehead atoms. The molecule has 0 aromatic heterocycles. The van der Waals surface area contributed by atoms with Crippen LogP contribution in [0.25, 0.3) is 0 Å². The lowest BCUT2D eigenvalue weighted by atomic mass is 9.98. The number of aryl methyl sites for hydroxylation is 1. The van der Waals surface area contributed by atoms with Gasteiger partial charge in [0.25, 0.3) is 10.0 Å². The van der Waals surface area contributed by atoms with Gasteiger partial charge in [0, 0.05) is 18.2 Å². The van der Waals surface area contributed by atoms with E-state index in [1.165, 1.54) is 31.4 Å². The fourth-order valence-electron chi connectivity index (χ4n) is 3.89. The molecule has 3 rings (SSSR count). The number of carbonyl (C=O) groups is 1. The molecule has 1 amide bonds. The topological polar surface area (TPSA) is 75.7 Å². The number of hydrogen-bond acceptors (Lipinski definition) is 4. The maximum atomic E-state index is 13.3. The highest BCUT2D eigenvalue weighted by molar-refractivity contribution is 7.92. The second-order valence-corrected chi connectivity index (χ2v) is 10.4. The van der Waals surface area contributed by atoms with Gasteiger partial charge in [-0.05, 0) is 62.1 Å². The second-order valence-electron chi connectivity index (χ2n) is 8.09. The summed E-state index contributed by atoms with van der Waals surface area (Å²) in [5.41, 5.74) is 1.10. The van der Waals surface area contributed by atoms with Crippen molar-refractivity contribution in [2.45, 2.75) is 56.4 Å². The summed E-state index contributed by atoms with van der Waals surface area (Å²) in [6.45, 7) is 2.48. The van der Waals surface area contributed by atoms with Gasteiger partial charge in [0.15, 0.2) is 0 Å². The third-order valence-corrected chi connectivity index (χ3v) is 7.60. The summed E-state index contributed by atoms with van der Waals surface area (Å²) in [7, 11) is -3.93. The SMILES string of the molecule is Cc1cc(Cl)ccc1N(CC(=O)NCCCOC1CCCCC1)S(=O)(=O)c1ccccc1. The van der Waals surface area contributed by atoms with Gasteiger partial charge in [0.05, 0.1) is 16.7 Å². The number of sulfonamides is 1. The van der Waals surface area contributed by atoms with Crippen LogP contribution in [0, 0.1) is 6.92 Å². The van der Waals surface area contributed by atoms with Crippen LogP contribution in [0.15, 0.2) is 53.4 Å². The lowest BCUT2D eigenvalue weighted by Crippen LogP contribution is -2.41. The number of hydrogen-bond donors (Lipinski definition) is 1. The number of benzene rings is 2. The Balaban J connectivity index is 1.64. The summed E-state index contributed by atoms with van der Waals surface area (Å²) < 4.78 is 33.7. The molecule has 0 radical (unpaired) electrons. The van der Waals surface area contributed by atoms with Crippen molar-refractivity contribution < 1.29 is 17.9 Å². The molecular weight excluding hydrogens is 448 g/mol. The van der Waals surface area contributed by atoms with Crippen LogP contribution < -0.4 is 9.62 Å². The average molecular weight is 479 g/mol. The first-order valence-electron chi connectivity index (χ1n) is 11.1. The van der Waals surface area contributed by atoms with Gasteiger partial charge >= 0.3 is 0 Å². The normalized spacial score (nSPS) is 14.8. The maximum Gasteiger partial charge on any atom is 0.264 e. The van der Waals surface area contributed by atoms with Gasteiger partial charge in [0.1, 0.15) is 6.54 Å². The van der Waals surface area contributed by atoms with Gasteiger partial charge in [0.2, 0.25) is 5.91 Å². The van der Waals surface area contributed by atoms with Crippen molar-refractivity contribution in [2.24, 2.45) is 0 Å². The molecule has 8 heteroatoms. The predicted octanol–water partition coefficient (Wildman–Crippen LogP) is 4.70. The molecule has 1 saturated carbocycles. The molecular formula is C24H31ClN2O4S. The Bertz CT molecular complexity index is 992. The molecule has 0 saturated heterocycles. The molecule has 2 aromatic carbocycles. The monoisotopic (exact) mass is 478 g/mol. The minimum atomic E-state index is -3.93. The van der Waals surface area contributed by atoms with Crippen molar-refractivity contribution in [3.05, 3.63) is 59.1 Å². The number of halogens is 1. The smallest absolute Gasteiger partial charge is 0.264 e. The van der Waals surface area contributed by atoms with Crippen LogP contribution in [0.1, 0.15) is 44.1 Å². The third-order valence-electron chi connectivity index (χ3n) is 5.59. The number of rotatable bonds is 10. The van der Waals surface area contributed by atoms with Crippen molar-refractivity contribution in [2.75, 3.05) is 24.0 Å². The Labute approximate surface area is 196 Å². The summed E-state index contributed by atoms with van der Waals surface area (Å²) in [4.78, 5) is 12.8. The first-order chi connectivity index (χ1) is 15.4. The van der Waals surface area contributed by atoms with E-state index in [4.69, 9.17) is 16.3 Å². The van der Waals surface area contributed by atoms with Crippen molar-refractivity contribution in [1.82, 2.24) is 5.32 Å². The molecule has 0 aliphatic heterocycles. The Morgan fingerprint density at radius 2 is 1.84 bits per heavy atom. The summed E-state index contributed by atoms with van der Waals surface area (Å²) >= 11 is 6.05. The Morgan fingerprint density at radius 1 is 1.12 bits per heavy atom. The van der Waals surface area contributed by atoms with E-state index in [0.29, 0.717) is 41.9 Å². The van der Waals surface area contributed by atoms with E-state index in [0.717, 1.165) is 17.1 Å². The van der Waals surface area contributed by atoms with Crippen molar-refractivity contribution >= 4 is 33.2 Å². The first-order valence-corrected chi connectivity index (χ1v) is 12.9. The van der Waals surface area contributed by atoms with E-state index in [2.05, 4.69) is 5.32 Å². The first kappa shape index (κ1) is 24.6. The van der Waals surface area contributed by atoms with E-state index in [-0.39, 0.29) is 17.3 Å². The van der Waals surface area contributed by atoms with Gasteiger partial charge in [-0.25, -0.2) is 8.42 Å². The molecule has 6 nitrogen and oxygen atoms in total. The minimum Gasteiger partial charge on any atom is -0.378 e. The molecule has 0 unspecified atom stereocenters. The van der Waals surface area contributed by atoms with Gasteiger partial charge in [-0.15, -0.1) is 0 Å². The van der Waals surface area contributed by atoms with E-state index in [1.54, 1.807) is 43.3 Å². The fraction of sp³-hybridized carbons (Fsp3) is 0.458. The highest BCUT2D eigenvalue weighted by Crippen LogP contribution is 2.28. The molecule has 0 atom stereocenters. The van der Waals surface area contributed by atoms with Crippen LogP contribution in [0.5, 0.6) is 0 Å². The number of nitrogens with one attached hydrogen (secondary N) is 1. The number of anilines is 1. The molecule has 174 valence electrons. The van der Waals surface area contributed by atoms with Crippen LogP contribution in [0.2, 0.25) is 5.02 Å². The van der Waals surface area contributed by atoms with Crippen molar-refractivity contribution in [3.63, 3.8) is 0 Å². The molecule has 0 heterocycles. The zero-order valence-electron chi connectivity index (χ0n) is 18.4. The summed E-state index contributed by atoms with van der Waals surface area (Å²) in [6.07, 6.45) is 6.96. The zero-order valence-corrected chi connectivity index (χ0v) is 20.0. The van der Waals surface area contributed by atoms with E-state index < -0.39 is 10.0 Å². The minimum absolute atomic E-state index is 0.128. The molecule has 2 aromatic rings. The molecule has 1 N–H and O–H groups in total. The maximum absolute atomic E-state index is 13.3. The highest BCUT2D eigenvalue weighted by atomic mass is 35.5. The summed E-state index contributed by atoms with van der Waals surface area (Å²) in [5.74, 6) is -0.364. The summed E-state index contributed by atoms with van der Waals surface area (Å²) in [6, 6.07) is 13.0. The largest absolute Gasteiger partial charge is 0.378 e. The second kappa shape index (κ2) is 11.7. The van der Waals surface area contributed by atoms with Crippen LogP contribution >= 0.6 is 11.6 Å². The fourth-order valence-corrected chi connectivity index (χ4v) is 5.62. The third kappa shape index (κ3) is 6.70. The number of amides is 1. The van der Waals surface area contributed by atoms with Crippen LogP contribution in [-0.2, 0) is 19.6 Å². The van der Waals surface area contributed by atoms with Crippen molar-refractivity contribution in [3.8, 4) is 0 Å². The Morgan fingerprint density at radius 3 is 2.53 bits per heavy atom.